The lowest BCUT2D eigenvalue weighted by Gasteiger charge is -2.14. The van der Waals surface area contributed by atoms with Gasteiger partial charge in [0.25, 0.3) is 11.6 Å². The molecule has 1 aliphatic heterocycles. The van der Waals surface area contributed by atoms with E-state index >= 15 is 0 Å². The van der Waals surface area contributed by atoms with Crippen molar-refractivity contribution in [2.45, 2.75) is 0 Å². The molecule has 0 aliphatic carbocycles. The summed E-state index contributed by atoms with van der Waals surface area (Å²) in [6, 6.07) is 23.1. The fourth-order valence-corrected chi connectivity index (χ4v) is 3.09. The minimum absolute atomic E-state index is 0.0197. The van der Waals surface area contributed by atoms with E-state index in [1.165, 1.54) is 12.1 Å². The van der Waals surface area contributed by atoms with Crippen molar-refractivity contribution in [3.63, 3.8) is 0 Å². The Morgan fingerprint density at radius 3 is 2.44 bits per heavy atom. The molecule has 0 saturated carbocycles. The maximum Gasteiger partial charge on any atom is 0.271 e. The highest BCUT2D eigenvalue weighted by Crippen LogP contribution is 2.37. The summed E-state index contributed by atoms with van der Waals surface area (Å²) >= 11 is 0. The smallest absolute Gasteiger partial charge is 0.271 e. The summed E-state index contributed by atoms with van der Waals surface area (Å²) in [5.74, 6) is -0.215. The number of nitrogens with one attached hydrogen (secondary N) is 2. The van der Waals surface area contributed by atoms with Crippen LogP contribution in [0.5, 0.6) is 0 Å². The number of fused-ring (bicyclic) bond motifs is 1. The average molecular weight is 357 g/mol. The summed E-state index contributed by atoms with van der Waals surface area (Å²) in [6.07, 6.45) is 0. The van der Waals surface area contributed by atoms with Crippen molar-refractivity contribution in [3.05, 3.63) is 100 Å². The summed E-state index contributed by atoms with van der Waals surface area (Å²) in [5, 5.41) is 17.2. The van der Waals surface area contributed by atoms with Crippen LogP contribution in [0.15, 0.2) is 78.9 Å². The monoisotopic (exact) mass is 357 g/mol. The first kappa shape index (κ1) is 16.5. The molecule has 4 rings (SSSR count). The zero-order valence-electron chi connectivity index (χ0n) is 14.2. The van der Waals surface area contributed by atoms with Crippen molar-refractivity contribution < 1.29 is 9.72 Å². The molecule has 0 spiro atoms. The maximum atomic E-state index is 12.7. The number of hydrogen-bond acceptors (Lipinski definition) is 4. The largest absolute Gasteiger partial charge is 0.354 e. The normalized spacial score (nSPS) is 14.3. The highest BCUT2D eigenvalue weighted by molar-refractivity contribution is 6.37. The van der Waals surface area contributed by atoms with Crippen molar-refractivity contribution in [1.82, 2.24) is 0 Å². The number of nitro benzene ring substituents is 1. The topological polar surface area (TPSA) is 84.3 Å². The van der Waals surface area contributed by atoms with Crippen LogP contribution in [0.1, 0.15) is 11.1 Å². The van der Waals surface area contributed by atoms with E-state index in [0.29, 0.717) is 17.0 Å². The second-order valence-corrected chi connectivity index (χ2v) is 6.05. The molecule has 6 nitrogen and oxygen atoms in total. The Balaban J connectivity index is 1.88. The van der Waals surface area contributed by atoms with Gasteiger partial charge in [0, 0.05) is 29.1 Å². The van der Waals surface area contributed by atoms with Crippen LogP contribution in [0, 0.1) is 10.1 Å². The third-order valence-corrected chi connectivity index (χ3v) is 4.31. The fourth-order valence-electron chi connectivity index (χ4n) is 3.09. The van der Waals surface area contributed by atoms with Gasteiger partial charge in [0.2, 0.25) is 0 Å². The summed E-state index contributed by atoms with van der Waals surface area (Å²) in [4.78, 5) is 23.3. The van der Waals surface area contributed by atoms with E-state index in [2.05, 4.69) is 10.6 Å². The van der Waals surface area contributed by atoms with Crippen molar-refractivity contribution >= 4 is 34.2 Å². The van der Waals surface area contributed by atoms with Crippen LogP contribution in [0.2, 0.25) is 0 Å². The van der Waals surface area contributed by atoms with Crippen LogP contribution in [-0.4, -0.2) is 10.8 Å². The molecule has 0 bridgehead atoms. The Hall–Kier alpha value is -3.93. The molecule has 0 atom stereocenters. The van der Waals surface area contributed by atoms with Crippen LogP contribution < -0.4 is 10.6 Å². The van der Waals surface area contributed by atoms with Gasteiger partial charge in [-0.3, -0.25) is 14.9 Å². The minimum atomic E-state index is -0.446. The van der Waals surface area contributed by atoms with Crippen LogP contribution in [0.4, 0.5) is 17.1 Å². The summed E-state index contributed by atoms with van der Waals surface area (Å²) < 4.78 is 0. The quantitative estimate of drug-likeness (QED) is 0.408. The lowest BCUT2D eigenvalue weighted by Crippen LogP contribution is -2.10. The molecule has 132 valence electrons. The molecular weight excluding hydrogens is 342 g/mol. The molecule has 6 heteroatoms. The van der Waals surface area contributed by atoms with Gasteiger partial charge in [-0.1, -0.05) is 54.6 Å². The molecule has 27 heavy (non-hydrogen) atoms. The predicted molar refractivity (Wildman–Crippen MR) is 105 cm³/mol. The number of carbonyl (C=O) groups is 1. The number of nitro groups is 1. The van der Waals surface area contributed by atoms with Gasteiger partial charge in [-0.25, -0.2) is 0 Å². The van der Waals surface area contributed by atoms with E-state index in [4.69, 9.17) is 0 Å². The van der Waals surface area contributed by atoms with Gasteiger partial charge in [-0.05, 0) is 17.7 Å². The molecule has 3 aromatic rings. The van der Waals surface area contributed by atoms with E-state index < -0.39 is 4.92 Å². The molecule has 0 aromatic heterocycles. The van der Waals surface area contributed by atoms with E-state index in [-0.39, 0.29) is 11.6 Å². The third-order valence-electron chi connectivity index (χ3n) is 4.31. The number of nitrogens with zero attached hydrogens (tertiary/aromatic N) is 1. The lowest BCUT2D eigenvalue weighted by atomic mass is 10.00. The molecule has 0 fully saturated rings. The van der Waals surface area contributed by atoms with Gasteiger partial charge in [-0.15, -0.1) is 0 Å². The third kappa shape index (κ3) is 3.16. The van der Waals surface area contributed by atoms with Gasteiger partial charge < -0.3 is 10.6 Å². The Morgan fingerprint density at radius 2 is 1.67 bits per heavy atom. The van der Waals surface area contributed by atoms with Crippen molar-refractivity contribution in [1.29, 1.82) is 0 Å². The van der Waals surface area contributed by atoms with Crippen LogP contribution in [0.25, 0.3) is 11.3 Å². The Kier molecular flexibility index (Phi) is 4.14. The Labute approximate surface area is 155 Å². The maximum absolute atomic E-state index is 12.7. The summed E-state index contributed by atoms with van der Waals surface area (Å²) in [7, 11) is 0. The Bertz CT molecular complexity index is 1070. The zero-order chi connectivity index (χ0) is 18.8. The first-order valence-corrected chi connectivity index (χ1v) is 8.35. The number of carbonyl (C=O) groups excluding carboxylic acids is 1. The number of non-ortho nitro benzene ring substituents is 1. The van der Waals surface area contributed by atoms with E-state index in [0.717, 1.165) is 16.8 Å². The lowest BCUT2D eigenvalue weighted by molar-refractivity contribution is -0.384. The van der Waals surface area contributed by atoms with Crippen LogP contribution in [0.3, 0.4) is 0 Å². The number of anilines is 2. The molecule has 0 radical (unpaired) electrons. The van der Waals surface area contributed by atoms with Crippen molar-refractivity contribution in [3.8, 4) is 0 Å². The van der Waals surface area contributed by atoms with Gasteiger partial charge >= 0.3 is 0 Å². The SMILES string of the molecule is O=C1Nc2ccccc2/C1=C(/Nc1cccc([N+](=O)[O-])c1)c1ccccc1. The number of rotatable bonds is 4. The first-order valence-electron chi connectivity index (χ1n) is 8.35. The molecule has 2 N–H and O–H groups in total. The van der Waals surface area contributed by atoms with Crippen LogP contribution in [-0.2, 0) is 4.79 Å². The van der Waals surface area contributed by atoms with Crippen molar-refractivity contribution in [2.75, 3.05) is 10.6 Å². The zero-order valence-corrected chi connectivity index (χ0v) is 14.2. The first-order chi connectivity index (χ1) is 13.1. The molecule has 1 amide bonds. The average Bonchev–Trinajstić information content (AvgIpc) is 3.02. The Morgan fingerprint density at radius 1 is 0.926 bits per heavy atom. The standard InChI is InChI=1S/C21H15N3O3/c25-21-19(17-11-4-5-12-18(17)23-21)20(14-7-2-1-3-8-14)22-15-9-6-10-16(13-15)24(26)27/h1-13,22H,(H,23,25)/b20-19-. The highest BCUT2D eigenvalue weighted by atomic mass is 16.6. The van der Waals surface area contributed by atoms with Gasteiger partial charge in [0.15, 0.2) is 0 Å². The van der Waals surface area contributed by atoms with Crippen LogP contribution >= 0.6 is 0 Å². The number of hydrogen-bond donors (Lipinski definition) is 2. The molecule has 1 aliphatic rings. The minimum Gasteiger partial charge on any atom is -0.354 e. The molecule has 1 heterocycles. The second kappa shape index (κ2) is 6.76. The van der Waals surface area contributed by atoms with E-state index in [9.17, 15) is 14.9 Å². The van der Waals surface area contributed by atoms with E-state index in [1.54, 1.807) is 12.1 Å². The van der Waals surface area contributed by atoms with E-state index in [1.807, 2.05) is 54.6 Å². The second-order valence-electron chi connectivity index (χ2n) is 6.05. The van der Waals surface area contributed by atoms with Gasteiger partial charge in [-0.2, -0.15) is 0 Å². The molecular formula is C21H15N3O3. The molecule has 0 saturated heterocycles. The number of benzene rings is 3. The summed E-state index contributed by atoms with van der Waals surface area (Å²) in [5.41, 5.74) is 3.96. The fraction of sp³-hybridized carbons (Fsp3) is 0. The predicted octanol–water partition coefficient (Wildman–Crippen LogP) is 4.53. The molecule has 3 aromatic carbocycles. The number of amides is 1. The molecule has 0 unspecified atom stereocenters. The van der Waals surface area contributed by atoms with Gasteiger partial charge in [0.05, 0.1) is 16.2 Å². The number of para-hydroxylation sites is 1. The van der Waals surface area contributed by atoms with Crippen molar-refractivity contribution in [2.24, 2.45) is 0 Å². The highest BCUT2D eigenvalue weighted by Gasteiger charge is 2.28. The summed E-state index contributed by atoms with van der Waals surface area (Å²) in [6.45, 7) is 0. The van der Waals surface area contributed by atoms with Gasteiger partial charge in [0.1, 0.15) is 0 Å².